The molecule has 1 aliphatic rings. The van der Waals surface area contributed by atoms with Crippen molar-refractivity contribution in [2.24, 2.45) is 5.41 Å². The van der Waals surface area contributed by atoms with Gasteiger partial charge >= 0.3 is 0 Å². The summed E-state index contributed by atoms with van der Waals surface area (Å²) in [5.74, 6) is 0. The van der Waals surface area contributed by atoms with E-state index in [1.54, 1.807) is 0 Å². The Balaban J connectivity index is 2.48. The molecule has 1 radical (unpaired) electrons. The number of hydrogen-bond acceptors (Lipinski definition) is 1. The van der Waals surface area contributed by atoms with Crippen LogP contribution >= 0.6 is 0 Å². The van der Waals surface area contributed by atoms with Gasteiger partial charge in [0.05, 0.1) is 11.5 Å². The van der Waals surface area contributed by atoms with Crippen LogP contribution in [0.2, 0.25) is 0 Å². The molecule has 1 nitrogen and oxygen atoms in total. The molecule has 1 saturated carbocycles. The number of nitrogens with zero attached hydrogens (tertiary/aromatic N) is 1. The van der Waals surface area contributed by atoms with Gasteiger partial charge in [-0.2, -0.15) is 5.26 Å². The first kappa shape index (κ1) is 4.64. The molecular formula is C6H8N. The van der Waals surface area contributed by atoms with E-state index in [0.717, 1.165) is 12.8 Å². The van der Waals surface area contributed by atoms with Gasteiger partial charge in [-0.1, -0.05) is 0 Å². The van der Waals surface area contributed by atoms with E-state index < -0.39 is 0 Å². The van der Waals surface area contributed by atoms with E-state index in [2.05, 4.69) is 12.5 Å². The van der Waals surface area contributed by atoms with Gasteiger partial charge < -0.3 is 0 Å². The topological polar surface area (TPSA) is 23.8 Å². The Hall–Kier alpha value is -0.510. The lowest BCUT2D eigenvalue weighted by Gasteiger charge is -2.29. The zero-order valence-electron chi connectivity index (χ0n) is 4.44. The fraction of sp³-hybridized carbons (Fsp3) is 0.667. The molecule has 0 aromatic heterocycles. The quantitative estimate of drug-likeness (QED) is 0.446. The van der Waals surface area contributed by atoms with E-state index in [0.29, 0.717) is 0 Å². The molecule has 0 aliphatic heterocycles. The smallest absolute Gasteiger partial charge is 0.0687 e. The van der Waals surface area contributed by atoms with Crippen molar-refractivity contribution in [3.05, 3.63) is 6.42 Å². The van der Waals surface area contributed by atoms with Crippen molar-refractivity contribution >= 4 is 0 Å². The molecule has 1 fully saturated rings. The zero-order valence-corrected chi connectivity index (χ0v) is 4.44. The van der Waals surface area contributed by atoms with E-state index in [9.17, 15) is 0 Å². The maximum Gasteiger partial charge on any atom is 0.0687 e. The van der Waals surface area contributed by atoms with Crippen LogP contribution in [0.15, 0.2) is 0 Å². The Kier molecular flexibility index (Phi) is 0.815. The molecule has 0 bridgehead atoms. The molecule has 0 unspecified atom stereocenters. The van der Waals surface area contributed by atoms with E-state index in [1.165, 1.54) is 0 Å². The van der Waals surface area contributed by atoms with Crippen LogP contribution in [0.5, 0.6) is 0 Å². The molecule has 1 heteroatoms. The van der Waals surface area contributed by atoms with Crippen LogP contribution in [0.25, 0.3) is 0 Å². The van der Waals surface area contributed by atoms with Crippen LogP contribution in [0, 0.1) is 23.2 Å². The third-order valence-corrected chi connectivity index (χ3v) is 1.46. The molecular weight excluding hydrogens is 86.1 g/mol. The summed E-state index contributed by atoms with van der Waals surface area (Å²) in [6, 6.07) is 2.25. The van der Waals surface area contributed by atoms with Crippen LogP contribution in [0.4, 0.5) is 0 Å². The minimum Gasteiger partial charge on any atom is -0.198 e. The maximum atomic E-state index is 8.38. The molecule has 1 rings (SSSR count). The molecule has 37 valence electrons. The van der Waals surface area contributed by atoms with Crippen molar-refractivity contribution in [2.75, 3.05) is 0 Å². The summed E-state index contributed by atoms with van der Waals surface area (Å²) >= 11 is 0. The average molecular weight is 94.1 g/mol. The fourth-order valence-electron chi connectivity index (χ4n) is 0.669. The van der Waals surface area contributed by atoms with Crippen molar-refractivity contribution < 1.29 is 0 Å². The standard InChI is InChI=1S/C6H8N/c1-6(5-7)3-2-4-6/h2H,3-4H2,1H3. The molecule has 0 aromatic rings. The third-order valence-electron chi connectivity index (χ3n) is 1.46. The second-order valence-electron chi connectivity index (χ2n) is 2.37. The lowest BCUT2D eigenvalue weighted by atomic mass is 9.72. The largest absolute Gasteiger partial charge is 0.198 e. The second kappa shape index (κ2) is 1.23. The first-order valence-corrected chi connectivity index (χ1v) is 2.50. The monoisotopic (exact) mass is 94.1 g/mol. The zero-order chi connectivity index (χ0) is 5.33. The van der Waals surface area contributed by atoms with Gasteiger partial charge in [0, 0.05) is 0 Å². The van der Waals surface area contributed by atoms with Gasteiger partial charge in [0.1, 0.15) is 0 Å². The van der Waals surface area contributed by atoms with Crippen molar-refractivity contribution in [3.63, 3.8) is 0 Å². The molecule has 0 aromatic carbocycles. The first-order valence-electron chi connectivity index (χ1n) is 2.50. The Morgan fingerprint density at radius 1 is 1.71 bits per heavy atom. The van der Waals surface area contributed by atoms with Crippen LogP contribution in [0.1, 0.15) is 19.8 Å². The summed E-state index contributed by atoms with van der Waals surface area (Å²) in [7, 11) is 0. The van der Waals surface area contributed by atoms with Crippen LogP contribution in [0.3, 0.4) is 0 Å². The van der Waals surface area contributed by atoms with Gasteiger partial charge in [-0.15, -0.1) is 0 Å². The minimum absolute atomic E-state index is 0.0139. The van der Waals surface area contributed by atoms with E-state index >= 15 is 0 Å². The van der Waals surface area contributed by atoms with E-state index in [1.807, 2.05) is 6.92 Å². The first-order chi connectivity index (χ1) is 3.27. The van der Waals surface area contributed by atoms with Crippen molar-refractivity contribution in [1.29, 1.82) is 5.26 Å². The summed E-state index contributed by atoms with van der Waals surface area (Å²) in [5, 5.41) is 8.38. The number of hydrogen-bond donors (Lipinski definition) is 0. The summed E-state index contributed by atoms with van der Waals surface area (Å²) in [5.41, 5.74) is 0.0139. The molecule has 0 heterocycles. The third kappa shape index (κ3) is 0.608. The Labute approximate surface area is 44.0 Å². The maximum absolute atomic E-state index is 8.38. The Morgan fingerprint density at radius 3 is 2.29 bits per heavy atom. The molecule has 0 spiro atoms. The fourth-order valence-corrected chi connectivity index (χ4v) is 0.669. The van der Waals surface area contributed by atoms with Crippen molar-refractivity contribution in [2.45, 2.75) is 19.8 Å². The second-order valence-corrected chi connectivity index (χ2v) is 2.37. The molecule has 0 saturated heterocycles. The predicted octanol–water partition coefficient (Wildman–Crippen LogP) is 1.51. The number of nitriles is 1. The Morgan fingerprint density at radius 2 is 2.29 bits per heavy atom. The Bertz CT molecular complexity index is 106. The van der Waals surface area contributed by atoms with Crippen LogP contribution in [-0.2, 0) is 0 Å². The molecule has 0 N–H and O–H groups in total. The highest BCUT2D eigenvalue weighted by Gasteiger charge is 2.31. The van der Waals surface area contributed by atoms with Gasteiger partial charge in [-0.25, -0.2) is 0 Å². The number of rotatable bonds is 0. The highest BCUT2D eigenvalue weighted by atomic mass is 14.4. The van der Waals surface area contributed by atoms with Gasteiger partial charge in [0.25, 0.3) is 0 Å². The summed E-state index contributed by atoms with van der Waals surface area (Å²) in [6.07, 6.45) is 4.12. The summed E-state index contributed by atoms with van der Waals surface area (Å²) in [6.45, 7) is 1.99. The summed E-state index contributed by atoms with van der Waals surface area (Å²) in [4.78, 5) is 0. The van der Waals surface area contributed by atoms with E-state index in [4.69, 9.17) is 5.26 Å². The van der Waals surface area contributed by atoms with Gasteiger partial charge in [-0.05, 0) is 26.2 Å². The van der Waals surface area contributed by atoms with Crippen LogP contribution in [-0.4, -0.2) is 0 Å². The molecule has 0 atom stereocenters. The highest BCUT2D eigenvalue weighted by Crippen LogP contribution is 2.38. The van der Waals surface area contributed by atoms with Gasteiger partial charge in [0.2, 0.25) is 0 Å². The van der Waals surface area contributed by atoms with E-state index in [-0.39, 0.29) is 5.41 Å². The average Bonchev–Trinajstić information content (AvgIpc) is 1.61. The minimum atomic E-state index is 0.0139. The van der Waals surface area contributed by atoms with Crippen molar-refractivity contribution in [1.82, 2.24) is 0 Å². The van der Waals surface area contributed by atoms with Crippen LogP contribution < -0.4 is 0 Å². The molecule has 1 aliphatic carbocycles. The lowest BCUT2D eigenvalue weighted by molar-refractivity contribution is 0.330. The molecule has 0 amide bonds. The van der Waals surface area contributed by atoms with Gasteiger partial charge in [-0.3, -0.25) is 0 Å². The SMILES string of the molecule is CC1(C#N)C[CH]C1. The van der Waals surface area contributed by atoms with Gasteiger partial charge in [0.15, 0.2) is 0 Å². The highest BCUT2D eigenvalue weighted by molar-refractivity contribution is 5.08. The van der Waals surface area contributed by atoms with Crippen molar-refractivity contribution in [3.8, 4) is 6.07 Å². The summed E-state index contributed by atoms with van der Waals surface area (Å²) < 4.78 is 0. The predicted molar refractivity (Wildman–Crippen MR) is 27.3 cm³/mol. The molecule has 7 heavy (non-hydrogen) atoms. The lowest BCUT2D eigenvalue weighted by Crippen LogP contribution is -2.23. The normalized spacial score (nSPS) is 25.1.